The fourth-order valence-corrected chi connectivity index (χ4v) is 1.36. The third-order valence-electron chi connectivity index (χ3n) is 2.51. The molecule has 0 aliphatic carbocycles. The first-order chi connectivity index (χ1) is 6.11. The Morgan fingerprint density at radius 2 is 2.38 bits per heavy atom. The van der Waals surface area contributed by atoms with Crippen LogP contribution in [0, 0.1) is 0 Å². The van der Waals surface area contributed by atoms with E-state index < -0.39 is 0 Å². The van der Waals surface area contributed by atoms with E-state index in [1.807, 2.05) is 14.0 Å². The van der Waals surface area contributed by atoms with Crippen LogP contribution in [0.5, 0.6) is 0 Å². The summed E-state index contributed by atoms with van der Waals surface area (Å²) < 4.78 is 5.38. The molecule has 0 saturated carbocycles. The molecule has 1 aliphatic rings. The second-order valence-corrected chi connectivity index (χ2v) is 3.45. The molecule has 0 N–H and O–H groups in total. The number of carbonyl (C=O) groups excluding carboxylic acids is 1. The number of carbonyl (C=O) groups is 1. The lowest BCUT2D eigenvalue weighted by Gasteiger charge is -2.22. The average molecular weight is 186 g/mol. The van der Waals surface area contributed by atoms with Gasteiger partial charge in [-0.3, -0.25) is 9.69 Å². The highest BCUT2D eigenvalue weighted by atomic mass is 16.5. The molecule has 1 aliphatic heterocycles. The number of nitrogens with zero attached hydrogens (tertiary/aromatic N) is 2. The summed E-state index contributed by atoms with van der Waals surface area (Å²) >= 11 is 0. The molecule has 0 aromatic carbocycles. The quantitative estimate of drug-likeness (QED) is 0.628. The van der Waals surface area contributed by atoms with Gasteiger partial charge in [0, 0.05) is 33.6 Å². The molecular formula is C9H18N2O2. The van der Waals surface area contributed by atoms with Crippen molar-refractivity contribution in [3.63, 3.8) is 0 Å². The standard InChI is InChI=1S/C9H18N2O2/c1-8(12)10(3)4-5-11-6-7-13-9(11)2/h9H,4-7H2,1-3H3. The van der Waals surface area contributed by atoms with Crippen LogP contribution in [0.4, 0.5) is 0 Å². The van der Waals surface area contributed by atoms with Crippen LogP contribution < -0.4 is 0 Å². The number of rotatable bonds is 3. The molecular weight excluding hydrogens is 168 g/mol. The maximum Gasteiger partial charge on any atom is 0.219 e. The van der Waals surface area contributed by atoms with E-state index in [1.54, 1.807) is 11.8 Å². The minimum Gasteiger partial charge on any atom is -0.362 e. The average Bonchev–Trinajstić information content (AvgIpc) is 2.47. The van der Waals surface area contributed by atoms with Crippen LogP contribution >= 0.6 is 0 Å². The molecule has 0 aromatic rings. The topological polar surface area (TPSA) is 32.8 Å². The first-order valence-corrected chi connectivity index (χ1v) is 4.68. The van der Waals surface area contributed by atoms with E-state index in [1.165, 1.54) is 0 Å². The highest BCUT2D eigenvalue weighted by Crippen LogP contribution is 2.07. The van der Waals surface area contributed by atoms with E-state index >= 15 is 0 Å². The molecule has 1 unspecified atom stereocenters. The Kier molecular flexibility index (Phi) is 3.69. The highest BCUT2D eigenvalue weighted by molar-refractivity contribution is 5.72. The molecule has 13 heavy (non-hydrogen) atoms. The third-order valence-corrected chi connectivity index (χ3v) is 2.51. The van der Waals surface area contributed by atoms with Crippen molar-refractivity contribution in [3.05, 3.63) is 0 Å². The van der Waals surface area contributed by atoms with Gasteiger partial charge in [0.15, 0.2) is 0 Å². The Morgan fingerprint density at radius 1 is 1.69 bits per heavy atom. The van der Waals surface area contributed by atoms with Crippen LogP contribution in [-0.4, -0.2) is 55.2 Å². The van der Waals surface area contributed by atoms with Crippen molar-refractivity contribution >= 4 is 5.91 Å². The van der Waals surface area contributed by atoms with E-state index in [0.717, 1.165) is 26.2 Å². The van der Waals surface area contributed by atoms with Crippen molar-refractivity contribution in [2.45, 2.75) is 20.1 Å². The number of ether oxygens (including phenoxy) is 1. The van der Waals surface area contributed by atoms with Gasteiger partial charge in [-0.15, -0.1) is 0 Å². The summed E-state index contributed by atoms with van der Waals surface area (Å²) in [6.07, 6.45) is 0.209. The van der Waals surface area contributed by atoms with Gasteiger partial charge in [0.2, 0.25) is 5.91 Å². The molecule has 1 rings (SSSR count). The van der Waals surface area contributed by atoms with E-state index in [0.29, 0.717) is 0 Å². The summed E-state index contributed by atoms with van der Waals surface area (Å²) in [7, 11) is 1.82. The molecule has 0 aromatic heterocycles. The minimum absolute atomic E-state index is 0.118. The van der Waals surface area contributed by atoms with Crippen molar-refractivity contribution in [2.75, 3.05) is 33.3 Å². The molecule has 76 valence electrons. The molecule has 1 heterocycles. The van der Waals surface area contributed by atoms with Crippen molar-refractivity contribution in [3.8, 4) is 0 Å². The number of amides is 1. The summed E-state index contributed by atoms with van der Waals surface area (Å²) in [6.45, 7) is 7.10. The van der Waals surface area contributed by atoms with Crippen molar-refractivity contribution in [1.82, 2.24) is 9.80 Å². The normalized spacial score (nSPS) is 23.5. The smallest absolute Gasteiger partial charge is 0.219 e. The predicted molar refractivity (Wildman–Crippen MR) is 50.3 cm³/mol. The fraction of sp³-hybridized carbons (Fsp3) is 0.889. The van der Waals surface area contributed by atoms with Gasteiger partial charge in [-0.2, -0.15) is 0 Å². The van der Waals surface area contributed by atoms with Crippen molar-refractivity contribution in [2.24, 2.45) is 0 Å². The van der Waals surface area contributed by atoms with Crippen LogP contribution in [0.3, 0.4) is 0 Å². The molecule has 1 saturated heterocycles. The van der Waals surface area contributed by atoms with Gasteiger partial charge in [0.05, 0.1) is 6.61 Å². The summed E-state index contributed by atoms with van der Waals surface area (Å²) in [6, 6.07) is 0. The predicted octanol–water partition coefficient (Wildman–Crippen LogP) is 0.143. The zero-order valence-electron chi connectivity index (χ0n) is 8.62. The minimum atomic E-state index is 0.118. The maximum atomic E-state index is 10.9. The third kappa shape index (κ3) is 2.97. The van der Waals surface area contributed by atoms with Crippen molar-refractivity contribution < 1.29 is 9.53 Å². The zero-order valence-corrected chi connectivity index (χ0v) is 8.62. The van der Waals surface area contributed by atoms with Crippen LogP contribution in [0.1, 0.15) is 13.8 Å². The first kappa shape index (κ1) is 10.5. The van der Waals surface area contributed by atoms with E-state index in [-0.39, 0.29) is 12.1 Å². The second kappa shape index (κ2) is 4.58. The summed E-state index contributed by atoms with van der Waals surface area (Å²) in [5.41, 5.74) is 0. The summed E-state index contributed by atoms with van der Waals surface area (Å²) in [5.74, 6) is 0.118. The summed E-state index contributed by atoms with van der Waals surface area (Å²) in [4.78, 5) is 14.9. The number of hydrogen-bond donors (Lipinski definition) is 0. The monoisotopic (exact) mass is 186 g/mol. The molecule has 4 heteroatoms. The lowest BCUT2D eigenvalue weighted by atomic mass is 10.4. The van der Waals surface area contributed by atoms with Crippen molar-refractivity contribution in [1.29, 1.82) is 0 Å². The molecule has 1 atom stereocenters. The molecule has 1 fully saturated rings. The van der Waals surface area contributed by atoms with E-state index in [2.05, 4.69) is 4.90 Å². The fourth-order valence-electron chi connectivity index (χ4n) is 1.36. The van der Waals surface area contributed by atoms with Crippen LogP contribution in [0.25, 0.3) is 0 Å². The lowest BCUT2D eigenvalue weighted by molar-refractivity contribution is -0.127. The van der Waals surface area contributed by atoms with Gasteiger partial charge in [-0.05, 0) is 6.92 Å². The summed E-state index contributed by atoms with van der Waals surface area (Å²) in [5, 5.41) is 0. The highest BCUT2D eigenvalue weighted by Gasteiger charge is 2.20. The molecule has 4 nitrogen and oxygen atoms in total. The van der Waals surface area contributed by atoms with Crippen LogP contribution in [-0.2, 0) is 9.53 Å². The van der Waals surface area contributed by atoms with E-state index in [4.69, 9.17) is 4.74 Å². The SMILES string of the molecule is CC(=O)N(C)CCN1CCOC1C. The number of likely N-dealkylation sites (N-methyl/N-ethyl adjacent to an activating group) is 1. The largest absolute Gasteiger partial charge is 0.362 e. The van der Waals surface area contributed by atoms with Gasteiger partial charge in [0.25, 0.3) is 0 Å². The van der Waals surface area contributed by atoms with Crippen LogP contribution in [0.2, 0.25) is 0 Å². The van der Waals surface area contributed by atoms with Gasteiger partial charge in [-0.1, -0.05) is 0 Å². The van der Waals surface area contributed by atoms with E-state index in [9.17, 15) is 4.79 Å². The Bertz CT molecular complexity index is 184. The Morgan fingerprint density at radius 3 is 2.85 bits per heavy atom. The van der Waals surface area contributed by atoms with Gasteiger partial charge < -0.3 is 9.64 Å². The second-order valence-electron chi connectivity index (χ2n) is 3.45. The molecule has 0 spiro atoms. The Hall–Kier alpha value is -0.610. The number of hydrogen-bond acceptors (Lipinski definition) is 3. The Balaban J connectivity index is 2.22. The Labute approximate surface area is 79.4 Å². The molecule has 1 amide bonds. The zero-order chi connectivity index (χ0) is 9.84. The lowest BCUT2D eigenvalue weighted by Crippen LogP contribution is -2.37. The molecule has 0 radical (unpaired) electrons. The maximum absolute atomic E-state index is 10.9. The van der Waals surface area contributed by atoms with Gasteiger partial charge in [-0.25, -0.2) is 0 Å². The van der Waals surface area contributed by atoms with Crippen LogP contribution in [0.15, 0.2) is 0 Å². The van der Waals surface area contributed by atoms with Gasteiger partial charge in [0.1, 0.15) is 6.23 Å². The first-order valence-electron chi connectivity index (χ1n) is 4.68. The van der Waals surface area contributed by atoms with Gasteiger partial charge >= 0.3 is 0 Å². The molecule has 0 bridgehead atoms.